The molecule has 0 amide bonds. The minimum atomic E-state index is -4.68. The Hall–Kier alpha value is -1.37. The number of thioether (sulfide) groups is 1. The third kappa shape index (κ3) is 3.20. The van der Waals surface area contributed by atoms with Gasteiger partial charge in [-0.05, 0) is 37.3 Å². The summed E-state index contributed by atoms with van der Waals surface area (Å²) in [6.07, 6.45) is -0.619. The summed E-state index contributed by atoms with van der Waals surface area (Å²) in [7, 11) is 0. The second kappa shape index (κ2) is 5.20. The second-order valence-electron chi connectivity index (χ2n) is 4.80. The lowest BCUT2D eigenvalue weighted by Crippen LogP contribution is -2.18. The highest BCUT2D eigenvalue weighted by Gasteiger charge is 2.41. The van der Waals surface area contributed by atoms with Crippen LogP contribution in [0.2, 0.25) is 0 Å². The van der Waals surface area contributed by atoms with Gasteiger partial charge >= 0.3 is 12.1 Å². The number of benzene rings is 1. The maximum Gasteiger partial charge on any atom is 0.417 e. The fraction of sp³-hybridized carbons (Fsp3) is 0.462. The Morgan fingerprint density at radius 3 is 2.55 bits per heavy atom. The predicted molar refractivity (Wildman–Crippen MR) is 72.4 cm³/mol. The number of carbonyl (C=O) groups is 1. The van der Waals surface area contributed by atoms with E-state index >= 15 is 0 Å². The van der Waals surface area contributed by atoms with Crippen molar-refractivity contribution in [3.05, 3.63) is 29.3 Å². The fourth-order valence-corrected chi connectivity index (χ4v) is 2.66. The van der Waals surface area contributed by atoms with Crippen LogP contribution in [0.5, 0.6) is 0 Å². The second-order valence-corrected chi connectivity index (χ2v) is 6.08. The van der Waals surface area contributed by atoms with Gasteiger partial charge in [-0.2, -0.15) is 24.9 Å². The first kappa shape index (κ1) is 15.0. The first-order chi connectivity index (χ1) is 9.27. The summed E-state index contributed by atoms with van der Waals surface area (Å²) in [5, 5.41) is 11.8. The zero-order chi connectivity index (χ0) is 15.0. The van der Waals surface area contributed by atoms with Crippen LogP contribution in [0.25, 0.3) is 0 Å². The van der Waals surface area contributed by atoms with E-state index in [0.29, 0.717) is 12.2 Å². The molecule has 1 aromatic carbocycles. The molecule has 1 aromatic rings. The number of alkyl halides is 3. The topological polar surface area (TPSA) is 49.3 Å². The molecule has 20 heavy (non-hydrogen) atoms. The summed E-state index contributed by atoms with van der Waals surface area (Å²) >= 11 is 1.70. The summed E-state index contributed by atoms with van der Waals surface area (Å²) in [6.45, 7) is 0.581. The third-order valence-corrected chi connectivity index (χ3v) is 4.83. The van der Waals surface area contributed by atoms with Crippen molar-refractivity contribution >= 4 is 23.4 Å². The number of aromatic carboxylic acids is 1. The standard InChI is InChI=1S/C13H14F3NO2S/c1-20-12(4-5-12)7-17-8-2-3-9(11(18)19)10(6-8)13(14,15)16/h2-3,6,17H,4-5,7H2,1H3,(H,18,19). The Morgan fingerprint density at radius 1 is 1.45 bits per heavy atom. The van der Waals surface area contributed by atoms with Gasteiger partial charge in [0.1, 0.15) is 0 Å². The van der Waals surface area contributed by atoms with Gasteiger partial charge in [0.15, 0.2) is 0 Å². The van der Waals surface area contributed by atoms with Gasteiger partial charge in [-0.3, -0.25) is 0 Å². The van der Waals surface area contributed by atoms with E-state index in [2.05, 4.69) is 5.32 Å². The van der Waals surface area contributed by atoms with Crippen molar-refractivity contribution in [2.75, 3.05) is 18.1 Å². The van der Waals surface area contributed by atoms with Gasteiger partial charge in [-0.15, -0.1) is 0 Å². The Balaban J connectivity index is 2.21. The smallest absolute Gasteiger partial charge is 0.417 e. The van der Waals surface area contributed by atoms with Crippen molar-refractivity contribution < 1.29 is 23.1 Å². The molecule has 0 unspecified atom stereocenters. The Bertz CT molecular complexity index is 527. The molecule has 3 nitrogen and oxygen atoms in total. The SMILES string of the molecule is CSC1(CNc2ccc(C(=O)O)c(C(F)(F)F)c2)CC1. The number of carboxylic acids is 1. The molecule has 1 aliphatic rings. The van der Waals surface area contributed by atoms with Crippen LogP contribution in [0.4, 0.5) is 18.9 Å². The average molecular weight is 305 g/mol. The summed E-state index contributed by atoms with van der Waals surface area (Å²) in [5.41, 5.74) is -1.55. The average Bonchev–Trinajstić information content (AvgIpc) is 3.15. The molecule has 1 fully saturated rings. The summed E-state index contributed by atoms with van der Waals surface area (Å²) in [6, 6.07) is 3.22. The Labute approximate surface area is 118 Å². The molecule has 0 aliphatic heterocycles. The van der Waals surface area contributed by atoms with E-state index in [1.807, 2.05) is 6.26 Å². The molecule has 2 rings (SSSR count). The zero-order valence-electron chi connectivity index (χ0n) is 10.8. The number of anilines is 1. The number of hydrogen-bond acceptors (Lipinski definition) is 3. The van der Waals surface area contributed by atoms with Gasteiger partial charge in [0.05, 0.1) is 11.1 Å². The van der Waals surface area contributed by atoms with Gasteiger partial charge in [-0.25, -0.2) is 4.79 Å². The maximum absolute atomic E-state index is 12.8. The maximum atomic E-state index is 12.8. The van der Waals surface area contributed by atoms with E-state index in [1.165, 1.54) is 6.07 Å². The van der Waals surface area contributed by atoms with Gasteiger partial charge in [0, 0.05) is 17.0 Å². The largest absolute Gasteiger partial charge is 0.478 e. The van der Waals surface area contributed by atoms with Gasteiger partial charge in [0.25, 0.3) is 0 Å². The van der Waals surface area contributed by atoms with E-state index in [0.717, 1.165) is 25.0 Å². The monoisotopic (exact) mass is 305 g/mol. The van der Waals surface area contributed by atoms with Gasteiger partial charge < -0.3 is 10.4 Å². The van der Waals surface area contributed by atoms with Crippen LogP contribution >= 0.6 is 11.8 Å². The normalized spacial score (nSPS) is 16.8. The molecule has 0 radical (unpaired) electrons. The molecule has 0 spiro atoms. The van der Waals surface area contributed by atoms with Crippen molar-refractivity contribution in [3.63, 3.8) is 0 Å². The number of rotatable bonds is 5. The summed E-state index contributed by atoms with van der Waals surface area (Å²) < 4.78 is 38.7. The summed E-state index contributed by atoms with van der Waals surface area (Å²) in [4.78, 5) is 10.8. The lowest BCUT2D eigenvalue weighted by molar-refractivity contribution is -0.138. The van der Waals surface area contributed by atoms with Crippen molar-refractivity contribution in [2.24, 2.45) is 0 Å². The van der Waals surface area contributed by atoms with E-state index in [4.69, 9.17) is 5.11 Å². The minimum absolute atomic E-state index is 0.115. The molecule has 0 aromatic heterocycles. The number of nitrogens with one attached hydrogen (secondary N) is 1. The minimum Gasteiger partial charge on any atom is -0.478 e. The Morgan fingerprint density at radius 2 is 2.10 bits per heavy atom. The van der Waals surface area contributed by atoms with Crippen LogP contribution in [0, 0.1) is 0 Å². The molecule has 7 heteroatoms. The first-order valence-electron chi connectivity index (χ1n) is 6.01. The van der Waals surface area contributed by atoms with Crippen molar-refractivity contribution in [3.8, 4) is 0 Å². The molecule has 0 saturated heterocycles. The van der Waals surface area contributed by atoms with Crippen LogP contribution in [-0.2, 0) is 6.18 Å². The van der Waals surface area contributed by atoms with Crippen molar-refractivity contribution in [2.45, 2.75) is 23.8 Å². The van der Waals surface area contributed by atoms with Crippen LogP contribution in [0.15, 0.2) is 18.2 Å². The van der Waals surface area contributed by atoms with Crippen LogP contribution in [-0.4, -0.2) is 28.6 Å². The highest BCUT2D eigenvalue weighted by atomic mass is 32.2. The highest BCUT2D eigenvalue weighted by Crippen LogP contribution is 2.47. The molecule has 0 heterocycles. The third-order valence-electron chi connectivity index (χ3n) is 3.41. The first-order valence-corrected chi connectivity index (χ1v) is 7.23. The van der Waals surface area contributed by atoms with E-state index in [9.17, 15) is 18.0 Å². The van der Waals surface area contributed by atoms with Crippen molar-refractivity contribution in [1.82, 2.24) is 0 Å². The highest BCUT2D eigenvalue weighted by molar-refractivity contribution is 8.00. The van der Waals surface area contributed by atoms with E-state index in [-0.39, 0.29) is 4.75 Å². The lowest BCUT2D eigenvalue weighted by atomic mass is 10.1. The molecule has 1 saturated carbocycles. The molecular weight excluding hydrogens is 291 g/mol. The Kier molecular flexibility index (Phi) is 3.90. The van der Waals surface area contributed by atoms with Crippen LogP contribution in [0.3, 0.4) is 0 Å². The number of halogens is 3. The fourth-order valence-electron chi connectivity index (χ4n) is 1.93. The van der Waals surface area contributed by atoms with Gasteiger partial charge in [-0.1, -0.05) is 0 Å². The molecule has 0 atom stereocenters. The van der Waals surface area contributed by atoms with Crippen molar-refractivity contribution in [1.29, 1.82) is 0 Å². The molecule has 110 valence electrons. The predicted octanol–water partition coefficient (Wildman–Crippen LogP) is 3.71. The molecule has 0 bridgehead atoms. The molecular formula is C13H14F3NO2S. The number of carboxylic acid groups (broad SMARTS) is 1. The van der Waals surface area contributed by atoms with Crippen LogP contribution < -0.4 is 5.32 Å². The number of hydrogen-bond donors (Lipinski definition) is 2. The quantitative estimate of drug-likeness (QED) is 0.870. The van der Waals surface area contributed by atoms with E-state index < -0.39 is 23.3 Å². The summed E-state index contributed by atoms with van der Waals surface area (Å²) in [5.74, 6) is -1.58. The van der Waals surface area contributed by atoms with Crippen LogP contribution in [0.1, 0.15) is 28.8 Å². The zero-order valence-corrected chi connectivity index (χ0v) is 11.6. The molecule has 2 N–H and O–H groups in total. The van der Waals surface area contributed by atoms with E-state index in [1.54, 1.807) is 11.8 Å². The van der Waals surface area contributed by atoms with Gasteiger partial charge in [0.2, 0.25) is 0 Å². The molecule has 1 aliphatic carbocycles. The lowest BCUT2D eigenvalue weighted by Gasteiger charge is -2.16.